The minimum atomic E-state index is -1.02. The first-order valence-corrected chi connectivity index (χ1v) is 11.3. The van der Waals surface area contributed by atoms with Crippen molar-refractivity contribution in [3.63, 3.8) is 0 Å². The normalized spacial score (nSPS) is 12.4. The van der Waals surface area contributed by atoms with Gasteiger partial charge in [-0.3, -0.25) is 4.90 Å². The summed E-state index contributed by atoms with van der Waals surface area (Å²) in [6.07, 6.45) is 5.00. The van der Waals surface area contributed by atoms with E-state index in [0.29, 0.717) is 29.6 Å². The van der Waals surface area contributed by atoms with Crippen molar-refractivity contribution in [3.05, 3.63) is 72.2 Å². The summed E-state index contributed by atoms with van der Waals surface area (Å²) in [6, 6.07) is 16.2. The molecule has 2 N–H and O–H groups in total. The Morgan fingerprint density at radius 1 is 1.11 bits per heavy atom. The van der Waals surface area contributed by atoms with Crippen LogP contribution in [0.1, 0.15) is 24.6 Å². The van der Waals surface area contributed by atoms with Gasteiger partial charge in [0.15, 0.2) is 5.82 Å². The molecule has 0 unspecified atom stereocenters. The number of nitrogens with one attached hydrogen (secondary N) is 1. The highest BCUT2D eigenvalue weighted by atomic mass is 16.4. The first-order chi connectivity index (χ1) is 17.2. The number of tetrazole rings is 1. The fourth-order valence-corrected chi connectivity index (χ4v) is 4.28. The van der Waals surface area contributed by atoms with Gasteiger partial charge in [0.1, 0.15) is 12.0 Å². The average molecular weight is 469 g/mol. The Morgan fingerprint density at radius 2 is 1.91 bits per heavy atom. The summed E-state index contributed by atoms with van der Waals surface area (Å²) in [5, 5.41) is 24.2. The van der Waals surface area contributed by atoms with Crippen LogP contribution < -0.4 is 9.80 Å². The summed E-state index contributed by atoms with van der Waals surface area (Å²) in [5.41, 5.74) is 5.17. The maximum Gasteiger partial charge on any atom is 0.412 e. The lowest BCUT2D eigenvalue weighted by Gasteiger charge is -2.30. The van der Waals surface area contributed by atoms with Crippen molar-refractivity contribution in [2.75, 3.05) is 22.9 Å². The molecule has 1 amide bonds. The summed E-state index contributed by atoms with van der Waals surface area (Å²) in [7, 11) is 0. The van der Waals surface area contributed by atoms with Gasteiger partial charge in [-0.05, 0) is 34.4 Å². The first-order valence-electron chi connectivity index (χ1n) is 11.3. The van der Waals surface area contributed by atoms with Crippen LogP contribution in [-0.4, -0.2) is 54.9 Å². The molecular formula is C25H24N8O2. The number of rotatable bonds is 7. The number of hydrogen-bond acceptors (Lipinski definition) is 7. The number of aromatic amines is 1. The number of benzene rings is 2. The highest BCUT2D eigenvalue weighted by Gasteiger charge is 2.27. The van der Waals surface area contributed by atoms with Crippen molar-refractivity contribution in [2.45, 2.75) is 19.9 Å². The van der Waals surface area contributed by atoms with Crippen LogP contribution in [0.15, 0.2) is 60.9 Å². The van der Waals surface area contributed by atoms with Crippen LogP contribution in [0.5, 0.6) is 0 Å². The highest BCUT2D eigenvalue weighted by molar-refractivity contribution is 5.95. The molecule has 2 aromatic carbocycles. The molecule has 0 fully saturated rings. The van der Waals surface area contributed by atoms with Gasteiger partial charge in [0.25, 0.3) is 0 Å². The molecule has 1 aliphatic heterocycles. The number of anilines is 2. The monoisotopic (exact) mass is 468 g/mol. The smallest absolute Gasteiger partial charge is 0.412 e. The molecule has 10 nitrogen and oxygen atoms in total. The van der Waals surface area contributed by atoms with Crippen molar-refractivity contribution in [1.29, 1.82) is 0 Å². The average Bonchev–Trinajstić information content (AvgIpc) is 3.43. The zero-order chi connectivity index (χ0) is 24.2. The molecule has 10 heteroatoms. The zero-order valence-electron chi connectivity index (χ0n) is 19.2. The van der Waals surface area contributed by atoms with Crippen molar-refractivity contribution < 1.29 is 9.90 Å². The fraction of sp³-hybridized carbons (Fsp3) is 0.200. The lowest BCUT2D eigenvalue weighted by molar-refractivity contribution is 0.202. The Kier molecular flexibility index (Phi) is 6.16. The van der Waals surface area contributed by atoms with Crippen LogP contribution in [0.25, 0.3) is 28.6 Å². The van der Waals surface area contributed by atoms with Crippen LogP contribution >= 0.6 is 0 Å². The predicted molar refractivity (Wildman–Crippen MR) is 133 cm³/mol. The van der Waals surface area contributed by atoms with E-state index in [4.69, 9.17) is 0 Å². The molecule has 0 atom stereocenters. The maximum absolute atomic E-state index is 11.9. The molecule has 176 valence electrons. The third-order valence-corrected chi connectivity index (χ3v) is 5.84. The molecular weight excluding hydrogens is 444 g/mol. The van der Waals surface area contributed by atoms with Crippen molar-refractivity contribution in [1.82, 2.24) is 30.6 Å². The Balaban J connectivity index is 1.45. The molecule has 3 heterocycles. The molecule has 0 spiro atoms. The standard InChI is InChI=1S/C25H24N8O2/c1-2-13-32(24-22-21(26-16-27-24)8-5-14-33(22)25(34)35)15-17-9-11-18(12-10-17)19-6-3-4-7-20(19)23-28-30-31-29-23/h3-12,16H,2,13-15H2,1H3,(H,34,35)(H,28,29,30,31). The van der Waals surface area contributed by atoms with E-state index >= 15 is 0 Å². The van der Waals surface area contributed by atoms with Gasteiger partial charge in [0, 0.05) is 25.2 Å². The summed E-state index contributed by atoms with van der Waals surface area (Å²) >= 11 is 0. The number of amides is 1. The van der Waals surface area contributed by atoms with E-state index in [0.717, 1.165) is 35.2 Å². The SMILES string of the molecule is CCCN(Cc1ccc(-c2ccccc2-c2nn[nH]n2)cc1)c1ncnc2c1N(C(=O)O)CC=C2. The molecule has 2 aromatic heterocycles. The van der Waals surface area contributed by atoms with Gasteiger partial charge in [-0.15, -0.1) is 10.2 Å². The number of carboxylic acid groups (broad SMARTS) is 1. The molecule has 4 aromatic rings. The predicted octanol–water partition coefficient (Wildman–Crippen LogP) is 4.25. The summed E-state index contributed by atoms with van der Waals surface area (Å²) < 4.78 is 0. The van der Waals surface area contributed by atoms with E-state index in [-0.39, 0.29) is 6.54 Å². The van der Waals surface area contributed by atoms with Gasteiger partial charge >= 0.3 is 6.09 Å². The Labute approximate surface area is 202 Å². The number of nitrogens with zero attached hydrogens (tertiary/aromatic N) is 7. The molecule has 0 bridgehead atoms. The third-order valence-electron chi connectivity index (χ3n) is 5.84. The van der Waals surface area contributed by atoms with Crippen LogP contribution in [0.2, 0.25) is 0 Å². The van der Waals surface area contributed by atoms with Gasteiger partial charge in [0.05, 0.1) is 5.69 Å². The van der Waals surface area contributed by atoms with E-state index in [1.807, 2.05) is 30.3 Å². The lowest BCUT2D eigenvalue weighted by atomic mass is 9.98. The number of H-pyrrole nitrogens is 1. The van der Waals surface area contributed by atoms with Gasteiger partial charge in [-0.2, -0.15) is 5.21 Å². The van der Waals surface area contributed by atoms with Crippen LogP contribution in [0.4, 0.5) is 16.3 Å². The van der Waals surface area contributed by atoms with E-state index in [9.17, 15) is 9.90 Å². The van der Waals surface area contributed by atoms with Crippen molar-refractivity contribution in [3.8, 4) is 22.5 Å². The lowest BCUT2D eigenvalue weighted by Crippen LogP contribution is -2.35. The molecule has 35 heavy (non-hydrogen) atoms. The van der Waals surface area contributed by atoms with Crippen molar-refractivity contribution in [2.24, 2.45) is 0 Å². The highest BCUT2D eigenvalue weighted by Crippen LogP contribution is 2.35. The fourth-order valence-electron chi connectivity index (χ4n) is 4.28. The minimum Gasteiger partial charge on any atom is -0.465 e. The molecule has 5 rings (SSSR count). The van der Waals surface area contributed by atoms with E-state index in [1.165, 1.54) is 11.2 Å². The van der Waals surface area contributed by atoms with E-state index in [2.05, 4.69) is 66.7 Å². The summed E-state index contributed by atoms with van der Waals surface area (Å²) in [4.78, 5) is 24.1. The van der Waals surface area contributed by atoms with Gasteiger partial charge < -0.3 is 10.0 Å². The molecule has 0 saturated carbocycles. The van der Waals surface area contributed by atoms with E-state index < -0.39 is 6.09 Å². The van der Waals surface area contributed by atoms with Crippen LogP contribution in [-0.2, 0) is 6.54 Å². The Bertz CT molecular complexity index is 1350. The minimum absolute atomic E-state index is 0.275. The van der Waals surface area contributed by atoms with Gasteiger partial charge in [-0.1, -0.05) is 61.5 Å². The second kappa shape index (κ2) is 9.72. The number of hydrogen-bond donors (Lipinski definition) is 2. The summed E-state index contributed by atoms with van der Waals surface area (Å²) in [5.74, 6) is 1.17. The first kappa shape index (κ1) is 22.2. The number of aromatic nitrogens is 6. The Morgan fingerprint density at radius 3 is 2.63 bits per heavy atom. The largest absolute Gasteiger partial charge is 0.465 e. The molecule has 0 saturated heterocycles. The topological polar surface area (TPSA) is 124 Å². The Hall–Kier alpha value is -4.60. The van der Waals surface area contributed by atoms with E-state index in [1.54, 1.807) is 6.08 Å². The molecule has 0 radical (unpaired) electrons. The van der Waals surface area contributed by atoms with Crippen LogP contribution in [0, 0.1) is 0 Å². The zero-order valence-corrected chi connectivity index (χ0v) is 19.2. The van der Waals surface area contributed by atoms with Crippen molar-refractivity contribution >= 4 is 23.7 Å². The van der Waals surface area contributed by atoms with Gasteiger partial charge in [0.2, 0.25) is 5.82 Å². The number of fused-ring (bicyclic) bond motifs is 1. The number of carbonyl (C=O) groups is 1. The maximum atomic E-state index is 11.9. The molecule has 0 aliphatic carbocycles. The summed E-state index contributed by atoms with van der Waals surface area (Å²) in [6.45, 7) is 3.68. The third kappa shape index (κ3) is 4.45. The second-order valence-corrected chi connectivity index (χ2v) is 8.13. The molecule has 1 aliphatic rings. The quantitative estimate of drug-likeness (QED) is 0.412. The van der Waals surface area contributed by atoms with Gasteiger partial charge in [-0.25, -0.2) is 14.8 Å². The van der Waals surface area contributed by atoms with Crippen LogP contribution in [0.3, 0.4) is 0 Å². The second-order valence-electron chi connectivity index (χ2n) is 8.13.